The Morgan fingerprint density at radius 1 is 1.17 bits per heavy atom. The van der Waals surface area contributed by atoms with Gasteiger partial charge in [0.25, 0.3) is 0 Å². The molecular weight excluding hydrogens is 385 g/mol. The van der Waals surface area contributed by atoms with Crippen LogP contribution in [0.3, 0.4) is 0 Å². The number of hydrogen-bond donors (Lipinski definition) is 0. The summed E-state index contributed by atoms with van der Waals surface area (Å²) < 4.78 is 41.3. The van der Waals surface area contributed by atoms with Gasteiger partial charge in [0.05, 0.1) is 17.0 Å². The molecule has 0 atom stereocenters. The Kier molecular flexibility index (Phi) is 5.58. The number of nitrogens with zero attached hydrogens (tertiary/aromatic N) is 4. The van der Waals surface area contributed by atoms with Crippen LogP contribution in [0.2, 0.25) is 0 Å². The quantitative estimate of drug-likeness (QED) is 0.480. The van der Waals surface area contributed by atoms with Crippen molar-refractivity contribution in [1.29, 1.82) is 0 Å². The van der Waals surface area contributed by atoms with Gasteiger partial charge in [-0.3, -0.25) is 0 Å². The normalized spacial score (nSPS) is 12.3. The largest absolute Gasteiger partial charge is 0.416 e. The minimum Gasteiger partial charge on any atom is -0.391 e. The van der Waals surface area contributed by atoms with Crippen molar-refractivity contribution in [3.63, 3.8) is 0 Å². The fourth-order valence-corrected chi connectivity index (χ4v) is 2.89. The maximum atomic E-state index is 12.9. The zero-order valence-electron chi connectivity index (χ0n) is 16.1. The number of benzene rings is 2. The summed E-state index contributed by atoms with van der Waals surface area (Å²) in [6.07, 6.45) is -4.43. The summed E-state index contributed by atoms with van der Waals surface area (Å²) in [5, 5.41) is 8.05. The van der Waals surface area contributed by atoms with E-state index in [1.165, 1.54) is 21.4 Å². The summed E-state index contributed by atoms with van der Waals surface area (Å²) in [5.41, 5.74) is 0.872. The van der Waals surface area contributed by atoms with Gasteiger partial charge in [-0.25, -0.2) is 14.0 Å². The number of oxime groups is 1. The molecule has 0 radical (unpaired) electrons. The van der Waals surface area contributed by atoms with Crippen molar-refractivity contribution >= 4 is 5.71 Å². The second kappa shape index (κ2) is 7.94. The van der Waals surface area contributed by atoms with Gasteiger partial charge in [0.1, 0.15) is 12.4 Å². The lowest BCUT2D eigenvalue weighted by molar-refractivity contribution is -0.137. The van der Waals surface area contributed by atoms with Crippen molar-refractivity contribution in [3.8, 4) is 5.69 Å². The monoisotopic (exact) mass is 404 g/mol. The maximum Gasteiger partial charge on any atom is 0.416 e. The van der Waals surface area contributed by atoms with Crippen molar-refractivity contribution in [2.75, 3.05) is 0 Å². The van der Waals surface area contributed by atoms with E-state index in [-0.39, 0.29) is 12.3 Å². The molecule has 0 spiro atoms. The van der Waals surface area contributed by atoms with E-state index in [9.17, 15) is 18.0 Å². The number of aromatic nitrogens is 3. The summed E-state index contributed by atoms with van der Waals surface area (Å²) in [5.74, 6) is 0.522. The minimum atomic E-state index is -4.43. The lowest BCUT2D eigenvalue weighted by Gasteiger charge is -2.10. The molecule has 0 fully saturated rings. The highest BCUT2D eigenvalue weighted by molar-refractivity contribution is 5.98. The molecule has 152 valence electrons. The van der Waals surface area contributed by atoms with E-state index in [1.807, 2.05) is 0 Å². The molecule has 1 aromatic heterocycles. The topological polar surface area (TPSA) is 61.4 Å². The fourth-order valence-electron chi connectivity index (χ4n) is 2.89. The van der Waals surface area contributed by atoms with Crippen molar-refractivity contribution in [3.05, 3.63) is 81.5 Å². The molecule has 3 rings (SSSR count). The lowest BCUT2D eigenvalue weighted by atomic mass is 10.1. The van der Waals surface area contributed by atoms with Crippen LogP contribution in [0.4, 0.5) is 13.2 Å². The van der Waals surface area contributed by atoms with Crippen LogP contribution in [0.15, 0.2) is 58.5 Å². The molecule has 3 aromatic rings. The zero-order chi connectivity index (χ0) is 21.2. The minimum absolute atomic E-state index is 0.0350. The number of aryl methyl sites for hydroxylation is 2. The highest BCUT2D eigenvalue weighted by Gasteiger charge is 2.30. The molecule has 29 heavy (non-hydrogen) atoms. The van der Waals surface area contributed by atoms with Crippen molar-refractivity contribution in [2.24, 2.45) is 12.2 Å². The van der Waals surface area contributed by atoms with Crippen LogP contribution in [0.25, 0.3) is 5.69 Å². The fraction of sp³-hybridized carbons (Fsp3) is 0.250. The summed E-state index contributed by atoms with van der Waals surface area (Å²) in [6.45, 7) is 3.32. The van der Waals surface area contributed by atoms with Crippen LogP contribution < -0.4 is 5.69 Å². The Morgan fingerprint density at radius 2 is 1.90 bits per heavy atom. The average Bonchev–Trinajstić information content (AvgIpc) is 2.93. The molecule has 0 N–H and O–H groups in total. The molecule has 0 amide bonds. The molecule has 2 aromatic carbocycles. The van der Waals surface area contributed by atoms with E-state index in [0.29, 0.717) is 28.4 Å². The van der Waals surface area contributed by atoms with E-state index in [0.717, 1.165) is 12.1 Å². The molecule has 0 unspecified atom stereocenters. The molecule has 0 aliphatic rings. The van der Waals surface area contributed by atoms with Crippen LogP contribution in [0.5, 0.6) is 0 Å². The lowest BCUT2D eigenvalue weighted by Crippen LogP contribution is -2.22. The van der Waals surface area contributed by atoms with Crippen molar-refractivity contribution in [1.82, 2.24) is 14.3 Å². The van der Waals surface area contributed by atoms with E-state index < -0.39 is 11.7 Å². The molecule has 0 aliphatic carbocycles. The maximum absolute atomic E-state index is 12.9. The molecule has 9 heteroatoms. The summed E-state index contributed by atoms with van der Waals surface area (Å²) in [7, 11) is 1.56. The van der Waals surface area contributed by atoms with Gasteiger partial charge in [-0.15, -0.1) is 0 Å². The van der Waals surface area contributed by atoms with Crippen LogP contribution in [0.1, 0.15) is 29.4 Å². The standard InChI is InChI=1S/C20H19F3N4O2/c1-13(15-8-6-9-17(11-15)20(21,22)23)25-29-12-16-7-4-5-10-18(16)27-14(2)24-26(3)19(27)28/h4-11H,12H2,1-3H3. The van der Waals surface area contributed by atoms with Gasteiger partial charge in [-0.2, -0.15) is 18.3 Å². The van der Waals surface area contributed by atoms with E-state index in [1.54, 1.807) is 45.2 Å². The number of para-hydroxylation sites is 1. The third-order valence-corrected chi connectivity index (χ3v) is 4.35. The predicted octanol–water partition coefficient (Wildman–Crippen LogP) is 3.84. The van der Waals surface area contributed by atoms with E-state index in [4.69, 9.17) is 4.84 Å². The van der Waals surface area contributed by atoms with Gasteiger partial charge >= 0.3 is 11.9 Å². The van der Waals surface area contributed by atoms with Gasteiger partial charge in [-0.1, -0.05) is 35.5 Å². The molecule has 0 aliphatic heterocycles. The third-order valence-electron chi connectivity index (χ3n) is 4.35. The molecular formula is C20H19F3N4O2. The van der Waals surface area contributed by atoms with Crippen molar-refractivity contribution in [2.45, 2.75) is 26.6 Å². The Bertz CT molecular complexity index is 1110. The van der Waals surface area contributed by atoms with Gasteiger partial charge in [-0.05, 0) is 37.6 Å². The molecule has 0 bridgehead atoms. The first-order valence-electron chi connectivity index (χ1n) is 8.73. The first-order valence-corrected chi connectivity index (χ1v) is 8.73. The number of hydrogen-bond acceptors (Lipinski definition) is 4. The van der Waals surface area contributed by atoms with Gasteiger partial charge < -0.3 is 4.84 Å². The highest BCUT2D eigenvalue weighted by atomic mass is 19.4. The molecule has 0 saturated carbocycles. The summed E-state index contributed by atoms with van der Waals surface area (Å²) >= 11 is 0. The van der Waals surface area contributed by atoms with Gasteiger partial charge in [0.2, 0.25) is 0 Å². The Hall–Kier alpha value is -3.36. The van der Waals surface area contributed by atoms with Crippen LogP contribution in [-0.4, -0.2) is 20.1 Å². The second-order valence-corrected chi connectivity index (χ2v) is 6.45. The third kappa shape index (κ3) is 4.39. The van der Waals surface area contributed by atoms with Crippen molar-refractivity contribution < 1.29 is 18.0 Å². The molecule has 1 heterocycles. The number of alkyl halides is 3. The first kappa shape index (κ1) is 20.4. The van der Waals surface area contributed by atoms with Crippen LogP contribution >= 0.6 is 0 Å². The summed E-state index contributed by atoms with van der Waals surface area (Å²) in [4.78, 5) is 17.7. The Labute approximate surface area is 164 Å². The summed E-state index contributed by atoms with van der Waals surface area (Å²) in [6, 6.07) is 12.0. The predicted molar refractivity (Wildman–Crippen MR) is 102 cm³/mol. The number of halogens is 3. The zero-order valence-corrected chi connectivity index (χ0v) is 16.1. The SMILES string of the molecule is CC(=NOCc1ccccc1-n1c(C)nn(C)c1=O)c1cccc(C(F)(F)F)c1. The number of rotatable bonds is 5. The second-order valence-electron chi connectivity index (χ2n) is 6.45. The Morgan fingerprint density at radius 3 is 2.55 bits per heavy atom. The van der Waals surface area contributed by atoms with Crippen LogP contribution in [0, 0.1) is 6.92 Å². The smallest absolute Gasteiger partial charge is 0.391 e. The van der Waals surface area contributed by atoms with Crippen LogP contribution in [-0.2, 0) is 24.7 Å². The molecule has 6 nitrogen and oxygen atoms in total. The van der Waals surface area contributed by atoms with Gasteiger partial charge in [0, 0.05) is 12.6 Å². The van der Waals surface area contributed by atoms with E-state index >= 15 is 0 Å². The Balaban J connectivity index is 1.82. The highest BCUT2D eigenvalue weighted by Crippen LogP contribution is 2.29. The first-order chi connectivity index (χ1) is 13.7. The van der Waals surface area contributed by atoms with Gasteiger partial charge in [0.15, 0.2) is 0 Å². The molecule has 0 saturated heterocycles. The van der Waals surface area contributed by atoms with E-state index in [2.05, 4.69) is 10.3 Å². The average molecular weight is 404 g/mol.